The summed E-state index contributed by atoms with van der Waals surface area (Å²) in [6.45, 7) is 2.68. The summed E-state index contributed by atoms with van der Waals surface area (Å²) in [4.78, 5) is 12.6. The molecule has 0 spiro atoms. The molecular weight excluding hydrogens is 338 g/mol. The topological polar surface area (TPSA) is 75.3 Å². The second-order valence-corrected chi connectivity index (χ2v) is 6.56. The normalized spacial score (nSPS) is 22.2. The Morgan fingerprint density at radius 1 is 1.08 bits per heavy atom. The van der Waals surface area contributed by atoms with Gasteiger partial charge in [-0.05, 0) is 42.9 Å². The minimum absolute atomic E-state index is 0.00195. The van der Waals surface area contributed by atoms with Crippen LogP contribution in [0.4, 0.5) is 0 Å². The standard InChI is InChI=1S/C19H29NO6/c1-13-7-15(17(8-13)19(21)20-10-22-2)16-9-14(25-11-23-3)5-6-18(16)26-12-24-4/h5-6,9,13,15,17H,7-8,10-12H2,1-4H3,(H,20,21)/t13-,15-,17-/m0/s1. The number of carbonyl (C=O) groups is 1. The molecule has 1 fully saturated rings. The molecule has 0 bridgehead atoms. The molecule has 146 valence electrons. The second kappa shape index (κ2) is 10.4. The molecule has 1 amide bonds. The summed E-state index contributed by atoms with van der Waals surface area (Å²) < 4.78 is 26.3. The number of carbonyl (C=O) groups excluding carboxylic acids is 1. The van der Waals surface area contributed by atoms with Crippen molar-refractivity contribution in [3.63, 3.8) is 0 Å². The average Bonchev–Trinajstić information content (AvgIpc) is 3.04. The highest BCUT2D eigenvalue weighted by molar-refractivity contribution is 5.80. The van der Waals surface area contributed by atoms with E-state index in [1.807, 2.05) is 18.2 Å². The first-order chi connectivity index (χ1) is 12.6. The Hall–Kier alpha value is -1.83. The molecule has 0 aromatic heterocycles. The maximum atomic E-state index is 12.6. The number of ether oxygens (including phenoxy) is 5. The number of methoxy groups -OCH3 is 3. The van der Waals surface area contributed by atoms with Crippen molar-refractivity contribution in [3.05, 3.63) is 23.8 Å². The van der Waals surface area contributed by atoms with Gasteiger partial charge in [0.05, 0.1) is 0 Å². The average molecular weight is 367 g/mol. The minimum atomic E-state index is -0.136. The number of hydrogen-bond acceptors (Lipinski definition) is 6. The van der Waals surface area contributed by atoms with Crippen LogP contribution in [0.3, 0.4) is 0 Å². The fraction of sp³-hybridized carbons (Fsp3) is 0.632. The van der Waals surface area contributed by atoms with Gasteiger partial charge in [0, 0.05) is 32.8 Å². The second-order valence-electron chi connectivity index (χ2n) is 6.56. The molecule has 1 aromatic carbocycles. The SMILES string of the molecule is COCNC(=O)[C@H]1C[C@@H](C)C[C@H]1c1cc(OCOC)ccc1OCOC. The van der Waals surface area contributed by atoms with Crippen LogP contribution in [0.2, 0.25) is 0 Å². The minimum Gasteiger partial charge on any atom is -0.468 e. The molecule has 1 aromatic rings. The van der Waals surface area contributed by atoms with Crippen LogP contribution in [0.1, 0.15) is 31.2 Å². The molecule has 1 aliphatic carbocycles. The van der Waals surface area contributed by atoms with Crippen molar-refractivity contribution in [3.8, 4) is 11.5 Å². The first-order valence-electron chi connectivity index (χ1n) is 8.74. The van der Waals surface area contributed by atoms with E-state index in [9.17, 15) is 4.79 Å². The number of rotatable bonds is 10. The molecule has 26 heavy (non-hydrogen) atoms. The van der Waals surface area contributed by atoms with E-state index in [4.69, 9.17) is 23.7 Å². The molecular formula is C19H29NO6. The van der Waals surface area contributed by atoms with E-state index in [1.54, 1.807) is 21.3 Å². The van der Waals surface area contributed by atoms with Gasteiger partial charge >= 0.3 is 0 Å². The van der Waals surface area contributed by atoms with Crippen LogP contribution >= 0.6 is 0 Å². The van der Waals surface area contributed by atoms with Crippen molar-refractivity contribution in [2.24, 2.45) is 11.8 Å². The van der Waals surface area contributed by atoms with Gasteiger partial charge in [0.1, 0.15) is 18.2 Å². The van der Waals surface area contributed by atoms with E-state index in [-0.39, 0.29) is 38.1 Å². The Morgan fingerprint density at radius 3 is 2.50 bits per heavy atom. The summed E-state index contributed by atoms with van der Waals surface area (Å²) in [6.07, 6.45) is 1.73. The Morgan fingerprint density at radius 2 is 1.81 bits per heavy atom. The lowest BCUT2D eigenvalue weighted by Crippen LogP contribution is -2.33. The molecule has 0 heterocycles. The van der Waals surface area contributed by atoms with Crippen LogP contribution in [0, 0.1) is 11.8 Å². The summed E-state index contributed by atoms with van der Waals surface area (Å²) in [5.74, 6) is 1.74. The van der Waals surface area contributed by atoms with Crippen LogP contribution in [-0.2, 0) is 19.0 Å². The molecule has 0 unspecified atom stereocenters. The summed E-state index contributed by atoms with van der Waals surface area (Å²) in [5, 5.41) is 2.83. The van der Waals surface area contributed by atoms with Gasteiger partial charge < -0.3 is 29.0 Å². The molecule has 1 N–H and O–H groups in total. The number of hydrogen-bond donors (Lipinski definition) is 1. The van der Waals surface area contributed by atoms with Gasteiger partial charge in [0.25, 0.3) is 0 Å². The lowest BCUT2D eigenvalue weighted by Gasteiger charge is -2.22. The molecule has 3 atom stereocenters. The third-order valence-corrected chi connectivity index (χ3v) is 4.58. The summed E-state index contributed by atoms with van der Waals surface area (Å²) in [7, 11) is 4.71. The highest BCUT2D eigenvalue weighted by Crippen LogP contribution is 2.46. The molecule has 7 nitrogen and oxygen atoms in total. The molecule has 0 aliphatic heterocycles. The van der Waals surface area contributed by atoms with Gasteiger partial charge in [-0.25, -0.2) is 0 Å². The zero-order chi connectivity index (χ0) is 18.9. The van der Waals surface area contributed by atoms with Crippen LogP contribution in [0.15, 0.2) is 18.2 Å². The lowest BCUT2D eigenvalue weighted by molar-refractivity contribution is -0.126. The first-order valence-corrected chi connectivity index (χ1v) is 8.74. The quantitative estimate of drug-likeness (QED) is 0.641. The summed E-state index contributed by atoms with van der Waals surface area (Å²) in [6, 6.07) is 5.61. The van der Waals surface area contributed by atoms with Gasteiger partial charge in [-0.2, -0.15) is 0 Å². The van der Waals surface area contributed by atoms with Gasteiger partial charge in [-0.1, -0.05) is 6.92 Å². The monoisotopic (exact) mass is 367 g/mol. The predicted molar refractivity (Wildman–Crippen MR) is 96.1 cm³/mol. The number of benzene rings is 1. The first kappa shape index (κ1) is 20.5. The van der Waals surface area contributed by atoms with E-state index in [2.05, 4.69) is 12.2 Å². The smallest absolute Gasteiger partial charge is 0.225 e. The van der Waals surface area contributed by atoms with Crippen LogP contribution in [-0.4, -0.2) is 47.6 Å². The Labute approximate surface area is 154 Å². The lowest BCUT2D eigenvalue weighted by atomic mass is 9.87. The van der Waals surface area contributed by atoms with Gasteiger partial charge in [-0.15, -0.1) is 0 Å². The molecule has 0 radical (unpaired) electrons. The molecule has 0 saturated heterocycles. The van der Waals surface area contributed by atoms with Gasteiger partial charge in [0.2, 0.25) is 5.91 Å². The Kier molecular flexibility index (Phi) is 8.15. The van der Waals surface area contributed by atoms with Crippen LogP contribution < -0.4 is 14.8 Å². The van der Waals surface area contributed by atoms with Crippen molar-refractivity contribution in [2.75, 3.05) is 41.6 Å². The maximum absolute atomic E-state index is 12.6. The van der Waals surface area contributed by atoms with Crippen molar-refractivity contribution in [1.29, 1.82) is 0 Å². The third kappa shape index (κ3) is 5.33. The molecule has 1 aliphatic rings. The number of nitrogens with one attached hydrogen (secondary N) is 1. The largest absolute Gasteiger partial charge is 0.468 e. The molecule has 2 rings (SSSR count). The zero-order valence-electron chi connectivity index (χ0n) is 15.9. The Balaban J connectivity index is 2.29. The van der Waals surface area contributed by atoms with E-state index in [0.29, 0.717) is 17.4 Å². The summed E-state index contributed by atoms with van der Waals surface area (Å²) in [5.41, 5.74) is 0.956. The van der Waals surface area contributed by atoms with E-state index < -0.39 is 0 Å². The maximum Gasteiger partial charge on any atom is 0.225 e. The van der Waals surface area contributed by atoms with E-state index >= 15 is 0 Å². The van der Waals surface area contributed by atoms with Crippen LogP contribution in [0.25, 0.3) is 0 Å². The molecule has 7 heteroatoms. The molecule has 1 saturated carbocycles. The van der Waals surface area contributed by atoms with Crippen molar-refractivity contribution < 1.29 is 28.5 Å². The van der Waals surface area contributed by atoms with E-state index in [0.717, 1.165) is 18.4 Å². The zero-order valence-corrected chi connectivity index (χ0v) is 15.9. The van der Waals surface area contributed by atoms with Gasteiger partial charge in [0.15, 0.2) is 13.6 Å². The van der Waals surface area contributed by atoms with Crippen molar-refractivity contribution in [2.45, 2.75) is 25.7 Å². The Bertz CT molecular complexity index is 579. The highest BCUT2D eigenvalue weighted by atomic mass is 16.7. The van der Waals surface area contributed by atoms with E-state index in [1.165, 1.54) is 0 Å². The highest BCUT2D eigenvalue weighted by Gasteiger charge is 2.39. The van der Waals surface area contributed by atoms with Crippen LogP contribution in [0.5, 0.6) is 11.5 Å². The third-order valence-electron chi connectivity index (χ3n) is 4.58. The van der Waals surface area contributed by atoms with Gasteiger partial charge in [-0.3, -0.25) is 4.79 Å². The predicted octanol–water partition coefficient (Wildman–Crippen LogP) is 2.50. The fourth-order valence-corrected chi connectivity index (χ4v) is 3.49. The summed E-state index contributed by atoms with van der Waals surface area (Å²) >= 11 is 0. The van der Waals surface area contributed by atoms with Crippen molar-refractivity contribution in [1.82, 2.24) is 5.32 Å². The van der Waals surface area contributed by atoms with Crippen molar-refractivity contribution >= 4 is 5.91 Å². The number of amides is 1. The fourth-order valence-electron chi connectivity index (χ4n) is 3.49.